The monoisotopic (exact) mass is 172 g/mol. The molecule has 3 rings (SSSR count). The van der Waals surface area contributed by atoms with Crippen LogP contribution >= 0.6 is 0 Å². The normalized spacial score (nSPS) is 23.1. The molecule has 2 aliphatic rings. The van der Waals surface area contributed by atoms with Gasteiger partial charge in [-0.1, -0.05) is 24.6 Å². The summed E-state index contributed by atoms with van der Waals surface area (Å²) in [6.07, 6.45) is 6.48. The number of para-hydroxylation sites is 1. The van der Waals surface area contributed by atoms with Gasteiger partial charge in [-0.15, -0.1) is 0 Å². The van der Waals surface area contributed by atoms with E-state index < -0.39 is 0 Å². The maximum atomic E-state index is 3.50. The molecule has 1 nitrogen and oxygen atoms in total. The number of rotatable bonds is 0. The van der Waals surface area contributed by atoms with E-state index in [4.69, 9.17) is 0 Å². The minimum Gasteiger partial charge on any atom is -0.384 e. The number of hydrogen-bond acceptors (Lipinski definition) is 1. The largest absolute Gasteiger partial charge is 0.384 e. The molecule has 1 N–H and O–H groups in total. The summed E-state index contributed by atoms with van der Waals surface area (Å²) in [6.45, 7) is 1.12. The second-order valence-corrected chi connectivity index (χ2v) is 4.15. The Morgan fingerprint density at radius 3 is 3.00 bits per heavy atom. The maximum Gasteiger partial charge on any atom is 0.0379 e. The van der Waals surface area contributed by atoms with E-state index in [-0.39, 0.29) is 0 Å². The topological polar surface area (TPSA) is 12.0 Å². The molecule has 1 saturated carbocycles. The van der Waals surface area contributed by atoms with Gasteiger partial charge in [-0.3, -0.25) is 0 Å². The van der Waals surface area contributed by atoms with Crippen LogP contribution in [0.5, 0.6) is 0 Å². The van der Waals surface area contributed by atoms with E-state index >= 15 is 0 Å². The first-order valence-electron chi connectivity index (χ1n) is 5.08. The second kappa shape index (κ2) is 2.50. The zero-order chi connectivity index (χ0) is 8.73. The lowest BCUT2D eigenvalue weighted by atomic mass is 9.81. The van der Waals surface area contributed by atoms with Gasteiger partial charge in [0.05, 0.1) is 0 Å². The summed E-state index contributed by atoms with van der Waals surface area (Å²) < 4.78 is 0. The average molecular weight is 172 g/mol. The van der Waals surface area contributed by atoms with Crippen LogP contribution in [0.25, 0.3) is 0 Å². The van der Waals surface area contributed by atoms with Crippen molar-refractivity contribution < 1.29 is 0 Å². The Morgan fingerprint density at radius 2 is 2.15 bits per heavy atom. The molecule has 1 aliphatic carbocycles. The van der Waals surface area contributed by atoms with Crippen molar-refractivity contribution in [1.29, 1.82) is 0 Å². The van der Waals surface area contributed by atoms with Gasteiger partial charge in [-0.25, -0.2) is 0 Å². The first-order valence-corrected chi connectivity index (χ1v) is 5.08. The second-order valence-electron chi connectivity index (χ2n) is 4.15. The molecule has 1 radical (unpaired) electrons. The Labute approximate surface area is 79.2 Å². The maximum absolute atomic E-state index is 3.50. The molecule has 1 heteroatoms. The zero-order valence-electron chi connectivity index (χ0n) is 7.72. The molecule has 1 atom stereocenters. The van der Waals surface area contributed by atoms with Gasteiger partial charge >= 0.3 is 0 Å². The summed E-state index contributed by atoms with van der Waals surface area (Å²) in [6, 6.07) is 8.73. The average Bonchev–Trinajstić information content (AvgIpc) is 2.78. The van der Waals surface area contributed by atoms with Crippen molar-refractivity contribution in [1.82, 2.24) is 0 Å². The molecule has 1 unspecified atom stereocenters. The van der Waals surface area contributed by atoms with Crippen molar-refractivity contribution in [3.8, 4) is 0 Å². The van der Waals surface area contributed by atoms with Crippen molar-refractivity contribution in [2.24, 2.45) is 0 Å². The predicted molar refractivity (Wildman–Crippen MR) is 54.8 cm³/mol. The van der Waals surface area contributed by atoms with E-state index in [2.05, 4.69) is 36.0 Å². The summed E-state index contributed by atoms with van der Waals surface area (Å²) in [5, 5.41) is 3.50. The van der Waals surface area contributed by atoms with Crippen LogP contribution in [0.3, 0.4) is 0 Å². The van der Waals surface area contributed by atoms with Crippen LogP contribution in [0.1, 0.15) is 24.8 Å². The number of benzene rings is 1. The first-order chi connectivity index (χ1) is 6.41. The number of nitrogens with one attached hydrogen (secondary N) is 1. The fourth-order valence-corrected chi connectivity index (χ4v) is 2.72. The molecule has 1 aliphatic heterocycles. The molecular formula is C12H14N. The third kappa shape index (κ3) is 0.932. The Hall–Kier alpha value is -0.980. The summed E-state index contributed by atoms with van der Waals surface area (Å²) in [5.41, 5.74) is 3.25. The zero-order valence-corrected chi connectivity index (χ0v) is 7.72. The third-order valence-electron chi connectivity index (χ3n) is 3.42. The minimum atomic E-state index is 0.386. The molecule has 1 spiro atoms. The highest BCUT2D eigenvalue weighted by atomic mass is 14.9. The summed E-state index contributed by atoms with van der Waals surface area (Å²) in [5.74, 6) is 0. The van der Waals surface area contributed by atoms with Gasteiger partial charge in [-0.05, 0) is 30.9 Å². The van der Waals surface area contributed by atoms with Crippen LogP contribution < -0.4 is 5.32 Å². The molecule has 1 aromatic rings. The van der Waals surface area contributed by atoms with Crippen molar-refractivity contribution in [2.45, 2.75) is 24.7 Å². The van der Waals surface area contributed by atoms with Crippen molar-refractivity contribution in [3.05, 3.63) is 36.2 Å². The van der Waals surface area contributed by atoms with E-state index in [0.717, 1.165) is 6.54 Å². The first kappa shape index (κ1) is 7.43. The van der Waals surface area contributed by atoms with E-state index in [1.807, 2.05) is 0 Å². The van der Waals surface area contributed by atoms with E-state index in [9.17, 15) is 0 Å². The number of hydrogen-bond donors (Lipinski definition) is 1. The molecule has 0 saturated heterocycles. The van der Waals surface area contributed by atoms with Gasteiger partial charge < -0.3 is 5.32 Å². The van der Waals surface area contributed by atoms with Gasteiger partial charge in [0.1, 0.15) is 0 Å². The van der Waals surface area contributed by atoms with Crippen LogP contribution in [0.4, 0.5) is 5.69 Å². The molecule has 1 heterocycles. The fraction of sp³-hybridized carbons (Fsp3) is 0.417. The lowest BCUT2D eigenvalue weighted by molar-refractivity contribution is 0.564. The van der Waals surface area contributed by atoms with Crippen molar-refractivity contribution in [3.63, 3.8) is 0 Å². The highest BCUT2D eigenvalue weighted by Crippen LogP contribution is 2.46. The van der Waals surface area contributed by atoms with Gasteiger partial charge in [0.25, 0.3) is 0 Å². The molecule has 0 bridgehead atoms. The van der Waals surface area contributed by atoms with Crippen LogP contribution in [-0.2, 0) is 5.41 Å². The predicted octanol–water partition coefficient (Wildman–Crippen LogP) is 2.74. The third-order valence-corrected chi connectivity index (χ3v) is 3.42. The molecule has 0 aromatic heterocycles. The lowest BCUT2D eigenvalue weighted by Crippen LogP contribution is -2.24. The Bertz CT molecular complexity index is 324. The van der Waals surface area contributed by atoms with Gasteiger partial charge in [0.2, 0.25) is 0 Å². The van der Waals surface area contributed by atoms with Crippen molar-refractivity contribution in [2.75, 3.05) is 11.9 Å². The van der Waals surface area contributed by atoms with Crippen LogP contribution in [0, 0.1) is 6.42 Å². The van der Waals surface area contributed by atoms with Crippen LogP contribution in [0.15, 0.2) is 24.3 Å². The Balaban J connectivity index is 2.11. The highest BCUT2D eigenvalue weighted by molar-refractivity contribution is 5.62. The SMILES string of the molecule is [CH]1CCCC12CNc1ccccc12. The summed E-state index contributed by atoms with van der Waals surface area (Å²) >= 11 is 0. The Morgan fingerprint density at radius 1 is 1.23 bits per heavy atom. The molecule has 13 heavy (non-hydrogen) atoms. The number of fused-ring (bicyclic) bond motifs is 2. The van der Waals surface area contributed by atoms with Crippen molar-refractivity contribution >= 4 is 5.69 Å². The van der Waals surface area contributed by atoms with Gasteiger partial charge in [0, 0.05) is 17.6 Å². The van der Waals surface area contributed by atoms with E-state index in [0.29, 0.717) is 5.41 Å². The molecule has 1 aromatic carbocycles. The molecule has 1 fully saturated rings. The lowest BCUT2D eigenvalue weighted by Gasteiger charge is -2.22. The fourth-order valence-electron chi connectivity index (χ4n) is 2.72. The van der Waals surface area contributed by atoms with Crippen LogP contribution in [0.2, 0.25) is 0 Å². The quantitative estimate of drug-likeness (QED) is 0.634. The minimum absolute atomic E-state index is 0.386. The van der Waals surface area contributed by atoms with E-state index in [1.165, 1.54) is 30.5 Å². The summed E-state index contributed by atoms with van der Waals surface area (Å²) in [4.78, 5) is 0. The van der Waals surface area contributed by atoms with E-state index in [1.54, 1.807) is 0 Å². The smallest absolute Gasteiger partial charge is 0.0379 e. The molecule has 67 valence electrons. The molecular weight excluding hydrogens is 158 g/mol. The summed E-state index contributed by atoms with van der Waals surface area (Å²) in [7, 11) is 0. The number of anilines is 1. The Kier molecular flexibility index (Phi) is 1.43. The highest BCUT2D eigenvalue weighted by Gasteiger charge is 2.40. The molecule has 0 amide bonds. The van der Waals surface area contributed by atoms with Gasteiger partial charge in [-0.2, -0.15) is 0 Å². The van der Waals surface area contributed by atoms with Crippen LogP contribution in [-0.4, -0.2) is 6.54 Å². The van der Waals surface area contributed by atoms with Gasteiger partial charge in [0.15, 0.2) is 0 Å². The standard InChI is InChI=1S/C12H14N/c1-2-6-11-10(5-1)12(9-13-11)7-3-4-8-12/h1-2,5-7,13H,3-4,8-9H2.